The number of benzene rings is 1. The van der Waals surface area contributed by atoms with E-state index in [1.807, 2.05) is 0 Å². The Morgan fingerprint density at radius 2 is 1.82 bits per heavy atom. The van der Waals surface area contributed by atoms with Gasteiger partial charge in [-0.05, 0) is 12.1 Å². The van der Waals surface area contributed by atoms with E-state index in [0.717, 1.165) is 0 Å². The van der Waals surface area contributed by atoms with Gasteiger partial charge < -0.3 is 16.6 Å². The zero-order valence-electron chi connectivity index (χ0n) is 8.64. The Balaban J connectivity index is 0.000000171. The molecule has 0 bridgehead atoms. The van der Waals surface area contributed by atoms with Crippen LogP contribution in [0.25, 0.3) is 0 Å². The number of nitrogens with zero attached hydrogens (tertiary/aromatic N) is 2. The van der Waals surface area contributed by atoms with Gasteiger partial charge in [-0.15, -0.1) is 0 Å². The van der Waals surface area contributed by atoms with Crippen LogP contribution in [-0.2, 0) is 0 Å². The molecule has 2 rings (SSSR count). The molecule has 0 unspecified atom stereocenters. The number of hydrogen-bond acceptors (Lipinski definition) is 5. The van der Waals surface area contributed by atoms with E-state index in [-0.39, 0.29) is 21.7 Å². The minimum atomic E-state index is 0.184. The van der Waals surface area contributed by atoms with Crippen molar-refractivity contribution < 1.29 is 5.11 Å². The van der Waals surface area contributed by atoms with Crippen molar-refractivity contribution in [3.63, 3.8) is 0 Å². The highest BCUT2D eigenvalue weighted by atomic mass is 35.5. The molecule has 90 valence electrons. The highest BCUT2D eigenvalue weighted by Gasteiger charge is 2.00. The number of aromatic nitrogens is 2. The van der Waals surface area contributed by atoms with Gasteiger partial charge >= 0.3 is 0 Å². The average Bonchev–Trinajstić information content (AvgIpc) is 2.26. The monoisotopic (exact) mass is 272 g/mol. The van der Waals surface area contributed by atoms with E-state index in [0.29, 0.717) is 5.69 Å². The van der Waals surface area contributed by atoms with Crippen LogP contribution in [0.4, 0.5) is 11.5 Å². The first-order chi connectivity index (χ1) is 8.00. The van der Waals surface area contributed by atoms with Crippen LogP contribution in [0.5, 0.6) is 5.75 Å². The van der Waals surface area contributed by atoms with Gasteiger partial charge in [0, 0.05) is 11.8 Å². The first-order valence-electron chi connectivity index (χ1n) is 4.46. The Bertz CT molecular complexity index is 470. The van der Waals surface area contributed by atoms with Crippen molar-refractivity contribution in [1.29, 1.82) is 0 Å². The Morgan fingerprint density at radius 3 is 2.24 bits per heavy atom. The highest BCUT2D eigenvalue weighted by Crippen LogP contribution is 2.22. The summed E-state index contributed by atoms with van der Waals surface area (Å²) in [6, 6.07) is 6.50. The fraction of sp³-hybridized carbons (Fsp3) is 0. The van der Waals surface area contributed by atoms with E-state index in [1.54, 1.807) is 18.2 Å². The van der Waals surface area contributed by atoms with Crippen molar-refractivity contribution in [2.45, 2.75) is 0 Å². The topological polar surface area (TPSA) is 98.0 Å². The van der Waals surface area contributed by atoms with Crippen molar-refractivity contribution in [3.8, 4) is 5.75 Å². The number of anilines is 2. The SMILES string of the molecule is Nc1cccc(O)c1.Nc1ncnc(Cl)c1Cl. The summed E-state index contributed by atoms with van der Waals surface area (Å²) in [5, 5.41) is 9.13. The van der Waals surface area contributed by atoms with E-state index in [9.17, 15) is 0 Å². The predicted molar refractivity (Wildman–Crippen MR) is 69.0 cm³/mol. The molecule has 1 aromatic carbocycles. The minimum Gasteiger partial charge on any atom is -0.508 e. The van der Waals surface area contributed by atoms with E-state index < -0.39 is 0 Å². The van der Waals surface area contributed by atoms with E-state index >= 15 is 0 Å². The Hall–Kier alpha value is -1.72. The predicted octanol–water partition coefficient (Wildman–Crippen LogP) is 2.34. The molecule has 0 fully saturated rings. The number of rotatable bonds is 0. The maximum Gasteiger partial charge on any atom is 0.153 e. The fourth-order valence-electron chi connectivity index (χ4n) is 0.886. The zero-order chi connectivity index (χ0) is 12.8. The van der Waals surface area contributed by atoms with Crippen molar-refractivity contribution in [2.75, 3.05) is 11.5 Å². The third-order valence-electron chi connectivity index (χ3n) is 1.64. The molecule has 0 aliphatic heterocycles. The molecule has 0 aliphatic rings. The Labute approximate surface area is 108 Å². The number of nitrogen functional groups attached to an aromatic ring is 2. The quantitative estimate of drug-likeness (QED) is 0.505. The number of phenolic OH excluding ortho intramolecular Hbond substituents is 1. The van der Waals surface area contributed by atoms with Crippen LogP contribution in [0.2, 0.25) is 10.2 Å². The molecule has 5 N–H and O–H groups in total. The molecular formula is C10H10Cl2N4O. The number of nitrogens with two attached hydrogens (primary N) is 2. The van der Waals surface area contributed by atoms with Crippen LogP contribution < -0.4 is 11.5 Å². The lowest BCUT2D eigenvalue weighted by Crippen LogP contribution is -1.91. The molecule has 17 heavy (non-hydrogen) atoms. The summed E-state index contributed by atoms with van der Waals surface area (Å²) in [5.41, 5.74) is 11.1. The first-order valence-corrected chi connectivity index (χ1v) is 5.22. The Morgan fingerprint density at radius 1 is 1.12 bits per heavy atom. The molecule has 0 saturated carbocycles. The smallest absolute Gasteiger partial charge is 0.153 e. The molecule has 0 atom stereocenters. The molecule has 0 amide bonds. The number of phenols is 1. The van der Waals surface area contributed by atoms with Gasteiger partial charge in [-0.1, -0.05) is 29.3 Å². The van der Waals surface area contributed by atoms with Crippen molar-refractivity contribution in [2.24, 2.45) is 0 Å². The summed E-state index contributed by atoms with van der Waals surface area (Å²) < 4.78 is 0. The zero-order valence-corrected chi connectivity index (χ0v) is 10.2. The van der Waals surface area contributed by atoms with E-state index in [4.69, 9.17) is 39.8 Å². The normalized spacial score (nSPS) is 9.29. The minimum absolute atomic E-state index is 0.184. The maximum absolute atomic E-state index is 8.73. The molecule has 1 heterocycles. The second kappa shape index (κ2) is 6.12. The van der Waals surface area contributed by atoms with E-state index in [1.165, 1.54) is 12.4 Å². The van der Waals surface area contributed by atoms with Gasteiger partial charge in [0.25, 0.3) is 0 Å². The van der Waals surface area contributed by atoms with Crippen LogP contribution in [0.3, 0.4) is 0 Å². The number of hydrogen-bond donors (Lipinski definition) is 3. The number of aromatic hydroxyl groups is 1. The molecule has 0 saturated heterocycles. The van der Waals surface area contributed by atoms with Crippen molar-refractivity contribution in [1.82, 2.24) is 9.97 Å². The van der Waals surface area contributed by atoms with Gasteiger partial charge in [0.2, 0.25) is 0 Å². The molecule has 0 aliphatic carbocycles. The van der Waals surface area contributed by atoms with Crippen LogP contribution in [0.1, 0.15) is 0 Å². The second-order valence-corrected chi connectivity index (χ2v) is 3.69. The lowest BCUT2D eigenvalue weighted by Gasteiger charge is -1.94. The molecule has 5 nitrogen and oxygen atoms in total. The van der Waals surface area contributed by atoms with E-state index in [2.05, 4.69) is 9.97 Å². The summed E-state index contributed by atoms with van der Waals surface area (Å²) in [6.45, 7) is 0. The molecule has 1 aromatic heterocycles. The van der Waals surface area contributed by atoms with Crippen molar-refractivity contribution in [3.05, 3.63) is 40.8 Å². The van der Waals surface area contributed by atoms with Gasteiger partial charge in [-0.3, -0.25) is 0 Å². The summed E-state index contributed by atoms with van der Waals surface area (Å²) in [7, 11) is 0. The summed E-state index contributed by atoms with van der Waals surface area (Å²) >= 11 is 10.9. The lowest BCUT2D eigenvalue weighted by molar-refractivity contribution is 0.475. The van der Waals surface area contributed by atoms with Gasteiger partial charge in [-0.25, -0.2) is 9.97 Å². The second-order valence-electron chi connectivity index (χ2n) is 2.96. The maximum atomic E-state index is 8.73. The standard InChI is InChI=1S/C6H7NO.C4H3Cl2N3/c7-5-2-1-3-6(8)4-5;5-2-3(6)8-1-9-4(2)7/h1-4,8H,7H2;1H,(H2,7,8,9). The van der Waals surface area contributed by atoms with Crippen LogP contribution in [0, 0.1) is 0 Å². The summed E-state index contributed by atoms with van der Waals surface area (Å²) in [6.07, 6.45) is 1.25. The largest absolute Gasteiger partial charge is 0.508 e. The Kier molecular flexibility index (Phi) is 4.81. The fourth-order valence-corrected chi connectivity index (χ4v) is 1.12. The van der Waals surface area contributed by atoms with Gasteiger partial charge in [0.1, 0.15) is 22.9 Å². The van der Waals surface area contributed by atoms with Crippen LogP contribution in [-0.4, -0.2) is 15.1 Å². The summed E-state index contributed by atoms with van der Waals surface area (Å²) in [5.74, 6) is 0.418. The highest BCUT2D eigenvalue weighted by molar-refractivity contribution is 6.42. The number of halogens is 2. The van der Waals surface area contributed by atoms with Gasteiger partial charge in [-0.2, -0.15) is 0 Å². The molecule has 2 aromatic rings. The molecular weight excluding hydrogens is 263 g/mol. The molecule has 7 heteroatoms. The van der Waals surface area contributed by atoms with Gasteiger partial charge in [0.05, 0.1) is 0 Å². The average molecular weight is 273 g/mol. The van der Waals surface area contributed by atoms with Crippen LogP contribution >= 0.6 is 23.2 Å². The first kappa shape index (κ1) is 13.3. The molecule has 0 spiro atoms. The van der Waals surface area contributed by atoms with Crippen molar-refractivity contribution >= 4 is 34.7 Å². The van der Waals surface area contributed by atoms with Crippen LogP contribution in [0.15, 0.2) is 30.6 Å². The third-order valence-corrected chi connectivity index (χ3v) is 2.40. The third kappa shape index (κ3) is 4.34. The molecule has 0 radical (unpaired) electrons. The lowest BCUT2D eigenvalue weighted by atomic mass is 10.3. The van der Waals surface area contributed by atoms with Gasteiger partial charge in [0.15, 0.2) is 5.15 Å². The summed E-state index contributed by atoms with van der Waals surface area (Å²) in [4.78, 5) is 7.17.